The average molecular weight is 558 g/mol. The minimum atomic E-state index is -5.01. The fourth-order valence-electron chi connectivity index (χ4n) is 3.84. The van der Waals surface area contributed by atoms with Crippen molar-refractivity contribution >= 4 is 21.4 Å². The summed E-state index contributed by atoms with van der Waals surface area (Å²) in [5.74, 6) is -2.94. The standard InChI is InChI=1S/C22H22O15S/c1-33-12-3-2-8(4-10(12)24)20-21(36-22-19(29)18(28)16(26)14(7-23)35-22)17(27)15-11(25)5-9(6-13(15)34-20)37-38(30,31)32/h2-6,14,16,18-19,22-26,28-29H,7H2,1H3,(H,30,31,32)/t14-,16-,18+,19-,22+/m1/s1. The van der Waals surface area contributed by atoms with Crippen LogP contribution in [0.2, 0.25) is 0 Å². The van der Waals surface area contributed by atoms with Gasteiger partial charge in [-0.1, -0.05) is 0 Å². The van der Waals surface area contributed by atoms with Crippen molar-refractivity contribution < 1.29 is 66.4 Å². The molecule has 38 heavy (non-hydrogen) atoms. The van der Waals surface area contributed by atoms with Gasteiger partial charge < -0.3 is 53.4 Å². The van der Waals surface area contributed by atoms with E-state index < -0.39 is 92.9 Å². The molecular weight excluding hydrogens is 536 g/mol. The van der Waals surface area contributed by atoms with Crippen LogP contribution in [0.1, 0.15) is 0 Å². The Morgan fingerprint density at radius 2 is 1.71 bits per heavy atom. The third kappa shape index (κ3) is 5.18. The quantitative estimate of drug-likeness (QED) is 0.176. The van der Waals surface area contributed by atoms with Gasteiger partial charge in [0.05, 0.1) is 13.7 Å². The van der Waals surface area contributed by atoms with Crippen molar-refractivity contribution in [3.05, 3.63) is 40.6 Å². The lowest BCUT2D eigenvalue weighted by Crippen LogP contribution is -2.60. The third-order valence-corrected chi connectivity index (χ3v) is 6.03. The molecule has 5 atom stereocenters. The molecule has 1 aliphatic rings. The van der Waals surface area contributed by atoms with E-state index in [1.165, 1.54) is 19.2 Å². The largest absolute Gasteiger partial charge is 0.507 e. The molecule has 0 spiro atoms. The topological polar surface area (TPSA) is 243 Å². The summed E-state index contributed by atoms with van der Waals surface area (Å²) in [6.45, 7) is -0.784. The maximum absolute atomic E-state index is 13.5. The zero-order valence-corrected chi connectivity index (χ0v) is 20.1. The lowest BCUT2D eigenvalue weighted by molar-refractivity contribution is -0.277. The normalized spacial score (nSPS) is 23.8. The summed E-state index contributed by atoms with van der Waals surface area (Å²) in [4.78, 5) is 13.5. The van der Waals surface area contributed by atoms with Crippen molar-refractivity contribution in [3.8, 4) is 40.1 Å². The van der Waals surface area contributed by atoms with Gasteiger partial charge >= 0.3 is 10.4 Å². The Bertz CT molecular complexity index is 1510. The highest BCUT2D eigenvalue weighted by Gasteiger charge is 2.45. The average Bonchev–Trinajstić information content (AvgIpc) is 2.84. The van der Waals surface area contributed by atoms with Gasteiger partial charge in [0.2, 0.25) is 17.5 Å². The van der Waals surface area contributed by atoms with Crippen molar-refractivity contribution in [2.24, 2.45) is 0 Å². The first-order valence-electron chi connectivity index (χ1n) is 10.7. The SMILES string of the molecule is COc1ccc(-c2oc3cc(OS(=O)(=O)O)cc(O)c3c(=O)c2O[C@@H]2O[C@H](CO)[C@@H](O)[C@H](O)[C@H]2O)cc1O. The van der Waals surface area contributed by atoms with E-state index in [0.717, 1.165) is 12.1 Å². The van der Waals surface area contributed by atoms with Crippen LogP contribution < -0.4 is 19.1 Å². The van der Waals surface area contributed by atoms with Gasteiger partial charge in [-0.25, -0.2) is 0 Å². The number of ether oxygens (including phenoxy) is 3. The molecule has 4 rings (SSSR count). The summed E-state index contributed by atoms with van der Waals surface area (Å²) < 4.78 is 57.1. The number of methoxy groups -OCH3 is 1. The summed E-state index contributed by atoms with van der Waals surface area (Å²) in [5.41, 5.74) is -1.54. The number of aliphatic hydroxyl groups is 4. The minimum absolute atomic E-state index is 0.0116. The fraction of sp³-hybridized carbons (Fsp3) is 0.318. The number of hydrogen-bond donors (Lipinski definition) is 7. The first-order chi connectivity index (χ1) is 17.8. The molecule has 15 nitrogen and oxygen atoms in total. The first kappa shape index (κ1) is 27.4. The maximum Gasteiger partial charge on any atom is 0.446 e. The number of fused-ring (bicyclic) bond motifs is 1. The molecule has 3 aromatic rings. The van der Waals surface area contributed by atoms with Crippen LogP contribution >= 0.6 is 0 Å². The molecule has 1 saturated heterocycles. The van der Waals surface area contributed by atoms with Gasteiger partial charge in [-0.2, -0.15) is 8.42 Å². The van der Waals surface area contributed by atoms with Gasteiger partial charge in [-0.15, -0.1) is 0 Å². The predicted molar refractivity (Wildman–Crippen MR) is 124 cm³/mol. The van der Waals surface area contributed by atoms with Crippen molar-refractivity contribution in [1.82, 2.24) is 0 Å². The zero-order chi connectivity index (χ0) is 27.9. The van der Waals surface area contributed by atoms with Crippen molar-refractivity contribution in [2.75, 3.05) is 13.7 Å². The van der Waals surface area contributed by atoms with E-state index in [4.69, 9.17) is 23.2 Å². The van der Waals surface area contributed by atoms with E-state index >= 15 is 0 Å². The second kappa shape index (κ2) is 10.3. The second-order valence-electron chi connectivity index (χ2n) is 8.12. The smallest absolute Gasteiger partial charge is 0.446 e. The van der Waals surface area contributed by atoms with E-state index in [9.17, 15) is 43.9 Å². The molecule has 0 aliphatic carbocycles. The number of phenols is 2. The predicted octanol–water partition coefficient (Wildman–Crippen LogP) is -0.760. The zero-order valence-electron chi connectivity index (χ0n) is 19.3. The Balaban J connectivity index is 1.93. The molecule has 2 aromatic carbocycles. The highest BCUT2D eigenvalue weighted by atomic mass is 32.3. The summed E-state index contributed by atoms with van der Waals surface area (Å²) in [6.07, 6.45) is -8.69. The molecule has 0 saturated carbocycles. The van der Waals surface area contributed by atoms with Crippen LogP contribution in [-0.4, -0.2) is 88.0 Å². The fourth-order valence-corrected chi connectivity index (χ4v) is 4.18. The molecule has 1 aliphatic heterocycles. The van der Waals surface area contributed by atoms with Gasteiger partial charge in [0.15, 0.2) is 23.0 Å². The Hall–Kier alpha value is -3.64. The van der Waals surface area contributed by atoms with Crippen LogP contribution in [0, 0.1) is 0 Å². The van der Waals surface area contributed by atoms with E-state index in [-0.39, 0.29) is 11.3 Å². The Morgan fingerprint density at radius 3 is 2.32 bits per heavy atom. The molecule has 16 heteroatoms. The molecule has 0 amide bonds. The Kier molecular flexibility index (Phi) is 7.39. The van der Waals surface area contributed by atoms with Crippen molar-refractivity contribution in [3.63, 3.8) is 0 Å². The highest BCUT2D eigenvalue weighted by Crippen LogP contribution is 2.39. The van der Waals surface area contributed by atoms with Crippen LogP contribution in [0.3, 0.4) is 0 Å². The van der Waals surface area contributed by atoms with Gasteiger partial charge in [-0.3, -0.25) is 9.35 Å². The summed E-state index contributed by atoms with van der Waals surface area (Å²) >= 11 is 0. The summed E-state index contributed by atoms with van der Waals surface area (Å²) in [7, 11) is -3.72. The highest BCUT2D eigenvalue weighted by molar-refractivity contribution is 7.81. The molecule has 0 unspecified atom stereocenters. The molecule has 7 N–H and O–H groups in total. The van der Waals surface area contributed by atoms with E-state index in [0.29, 0.717) is 6.07 Å². The summed E-state index contributed by atoms with van der Waals surface area (Å²) in [6, 6.07) is 5.32. The number of aromatic hydroxyl groups is 2. The maximum atomic E-state index is 13.5. The molecule has 1 aromatic heterocycles. The monoisotopic (exact) mass is 558 g/mol. The lowest BCUT2D eigenvalue weighted by atomic mass is 9.99. The van der Waals surface area contributed by atoms with Gasteiger partial charge in [0.25, 0.3) is 0 Å². The minimum Gasteiger partial charge on any atom is -0.507 e. The van der Waals surface area contributed by atoms with Crippen molar-refractivity contribution in [2.45, 2.75) is 30.7 Å². The van der Waals surface area contributed by atoms with Crippen LogP contribution in [-0.2, 0) is 15.1 Å². The van der Waals surface area contributed by atoms with Crippen LogP contribution in [0.25, 0.3) is 22.3 Å². The van der Waals surface area contributed by atoms with Crippen LogP contribution in [0.5, 0.6) is 28.7 Å². The third-order valence-electron chi connectivity index (χ3n) is 5.63. The van der Waals surface area contributed by atoms with Gasteiger partial charge in [0.1, 0.15) is 41.1 Å². The number of hydrogen-bond acceptors (Lipinski definition) is 14. The number of rotatable bonds is 7. The lowest BCUT2D eigenvalue weighted by Gasteiger charge is -2.39. The molecule has 2 heterocycles. The van der Waals surface area contributed by atoms with Gasteiger partial charge in [-0.05, 0) is 18.2 Å². The Morgan fingerprint density at radius 1 is 1.00 bits per heavy atom. The molecular formula is C22H22O15S. The Labute approximate surface area is 213 Å². The number of benzene rings is 2. The first-order valence-corrected chi connectivity index (χ1v) is 12.1. The molecule has 0 radical (unpaired) electrons. The van der Waals surface area contributed by atoms with E-state index in [2.05, 4.69) is 4.18 Å². The number of phenolic OH excluding ortho intramolecular Hbond substituents is 2. The van der Waals surface area contributed by atoms with E-state index in [1.54, 1.807) is 0 Å². The van der Waals surface area contributed by atoms with Gasteiger partial charge in [0, 0.05) is 17.7 Å². The van der Waals surface area contributed by atoms with E-state index in [1.807, 2.05) is 0 Å². The second-order valence-corrected chi connectivity index (χ2v) is 9.14. The van der Waals surface area contributed by atoms with Crippen molar-refractivity contribution in [1.29, 1.82) is 0 Å². The molecule has 206 valence electrons. The number of aliphatic hydroxyl groups excluding tert-OH is 4. The van der Waals surface area contributed by atoms with Crippen LogP contribution in [0.15, 0.2) is 39.5 Å². The summed E-state index contributed by atoms with van der Waals surface area (Å²) in [5, 5.41) is 60.1. The van der Waals surface area contributed by atoms with Crippen LogP contribution in [0.4, 0.5) is 0 Å². The molecule has 1 fully saturated rings. The molecule has 0 bridgehead atoms.